The molecule has 4 saturated heterocycles. The second-order valence-corrected chi connectivity index (χ2v) is 15.5. The van der Waals surface area contributed by atoms with Gasteiger partial charge in [0.15, 0.2) is 0 Å². The molecule has 294 valence electrons. The van der Waals surface area contributed by atoms with Crippen molar-refractivity contribution in [1.29, 1.82) is 0 Å². The highest BCUT2D eigenvalue weighted by Gasteiger charge is 2.55. The minimum atomic E-state index is -0.905. The highest BCUT2D eigenvalue weighted by Crippen LogP contribution is 2.39. The molecule has 4 aliphatic rings. The molecule has 2 amide bonds. The van der Waals surface area contributed by atoms with Gasteiger partial charge in [0.05, 0.1) is 11.6 Å². The van der Waals surface area contributed by atoms with Crippen LogP contribution in [-0.4, -0.2) is 94.7 Å². The van der Waals surface area contributed by atoms with Crippen molar-refractivity contribution in [3.05, 3.63) is 147 Å². The number of rotatable bonds is 13. The Morgan fingerprint density at radius 1 is 0.860 bits per heavy atom. The van der Waals surface area contributed by atoms with E-state index in [9.17, 15) is 29.4 Å². The molecule has 0 spiro atoms. The van der Waals surface area contributed by atoms with Gasteiger partial charge in [0, 0.05) is 55.3 Å². The van der Waals surface area contributed by atoms with Gasteiger partial charge in [-0.2, -0.15) is 0 Å². The number of phenols is 1. The van der Waals surface area contributed by atoms with E-state index in [-0.39, 0.29) is 48.3 Å². The molecule has 5 N–H and O–H groups in total. The van der Waals surface area contributed by atoms with E-state index >= 15 is 0 Å². The Labute approximate surface area is 330 Å². The minimum absolute atomic E-state index is 0.0491. The van der Waals surface area contributed by atoms with E-state index in [4.69, 9.17) is 4.74 Å². The van der Waals surface area contributed by atoms with E-state index in [1.54, 1.807) is 41.3 Å². The number of aromatic amines is 1. The lowest BCUT2D eigenvalue weighted by molar-refractivity contribution is -0.171. The van der Waals surface area contributed by atoms with Crippen molar-refractivity contribution in [3.63, 3.8) is 0 Å². The normalized spacial score (nSPS) is 20.1. The monoisotopic (exact) mass is 769 g/mol. The number of likely N-dealkylation sites (tertiary alicyclic amines) is 1. The fourth-order valence-electron chi connectivity index (χ4n) is 8.42. The van der Waals surface area contributed by atoms with Gasteiger partial charge in [0.25, 0.3) is 11.8 Å². The Bertz CT molecular complexity index is 2300. The summed E-state index contributed by atoms with van der Waals surface area (Å²) in [6, 6.07) is 30.2. The van der Waals surface area contributed by atoms with Gasteiger partial charge in [-0.05, 0) is 103 Å². The largest absolute Gasteiger partial charge is 0.506 e. The van der Waals surface area contributed by atoms with Crippen molar-refractivity contribution < 1.29 is 29.3 Å². The Kier molecular flexibility index (Phi) is 10.9. The van der Waals surface area contributed by atoms with Crippen molar-refractivity contribution in [1.82, 2.24) is 25.4 Å². The van der Waals surface area contributed by atoms with Crippen LogP contribution in [-0.2, 0) is 27.9 Å². The number of fused-ring (bicyclic) bond motifs is 4. The standard InChI is InChI=1S/C45H47N5O7/c51-37-16-14-35(36-15-17-40(53)48-41(36)37)38(52)25-46-21-18-29-6-8-30(9-7-29)24-47-42(54)32-10-12-33(13-11-32)43(55)50-27-45(28-50,34-4-2-1-3-5-34)44(56)57-39-26-49-22-19-31(39)20-23-49/h1-17,31,38-39,46,51-52H,18-28H2,(H,47,54)(H,48,53)/t38?,39-/m0/s1. The van der Waals surface area contributed by atoms with Gasteiger partial charge in [-0.15, -0.1) is 0 Å². The van der Waals surface area contributed by atoms with E-state index in [2.05, 4.69) is 20.5 Å². The number of benzene rings is 4. The molecular formula is C45H47N5O7. The second-order valence-electron chi connectivity index (χ2n) is 15.5. The van der Waals surface area contributed by atoms with Gasteiger partial charge in [0.1, 0.15) is 17.3 Å². The quantitative estimate of drug-likeness (QED) is 0.0878. The number of hydrogen-bond donors (Lipinski definition) is 5. The first-order chi connectivity index (χ1) is 27.7. The average Bonchev–Trinajstić information content (AvgIpc) is 3.22. The third kappa shape index (κ3) is 8.06. The number of ether oxygens (including phenoxy) is 1. The maximum atomic E-state index is 13.8. The lowest BCUT2D eigenvalue weighted by Gasteiger charge is -2.50. The van der Waals surface area contributed by atoms with Crippen LogP contribution in [0.1, 0.15) is 61.9 Å². The summed E-state index contributed by atoms with van der Waals surface area (Å²) < 4.78 is 6.19. The van der Waals surface area contributed by atoms with E-state index in [0.717, 1.165) is 55.6 Å². The SMILES string of the molecule is O=C(NCc1ccc(CCNCC(O)c2ccc(O)c3[nH]c(=O)ccc23)cc1)c1ccc(C(=O)N2CC(C(=O)O[C@H]3CN4CCC3CC4)(c3ccccc3)C2)cc1. The summed E-state index contributed by atoms with van der Waals surface area (Å²) in [6.45, 7) is 4.62. The van der Waals surface area contributed by atoms with Gasteiger partial charge in [-0.25, -0.2) is 0 Å². The molecule has 2 bridgehead atoms. The number of H-pyrrole nitrogens is 1. The second kappa shape index (κ2) is 16.3. The third-order valence-electron chi connectivity index (χ3n) is 11.8. The number of carbonyl (C=O) groups is 3. The summed E-state index contributed by atoms with van der Waals surface area (Å²) in [4.78, 5) is 58.7. The number of piperidine rings is 3. The third-order valence-corrected chi connectivity index (χ3v) is 11.8. The number of aromatic hydroxyl groups is 1. The number of esters is 1. The van der Waals surface area contributed by atoms with Gasteiger partial charge in [-0.3, -0.25) is 24.1 Å². The molecule has 4 aliphatic heterocycles. The fourth-order valence-corrected chi connectivity index (χ4v) is 8.42. The lowest BCUT2D eigenvalue weighted by atomic mass is 9.73. The topological polar surface area (TPSA) is 164 Å². The smallest absolute Gasteiger partial charge is 0.320 e. The van der Waals surface area contributed by atoms with E-state index < -0.39 is 11.5 Å². The van der Waals surface area contributed by atoms with Gasteiger partial charge in [0.2, 0.25) is 5.56 Å². The van der Waals surface area contributed by atoms with E-state index in [1.807, 2.05) is 54.6 Å². The summed E-state index contributed by atoms with van der Waals surface area (Å²) in [5, 5.41) is 27.7. The van der Waals surface area contributed by atoms with Crippen LogP contribution < -0.4 is 16.2 Å². The Morgan fingerprint density at radius 3 is 2.26 bits per heavy atom. The maximum Gasteiger partial charge on any atom is 0.320 e. The summed E-state index contributed by atoms with van der Waals surface area (Å²) in [5.74, 6) is -0.362. The fraction of sp³-hybridized carbons (Fsp3) is 0.333. The van der Waals surface area contributed by atoms with Crippen molar-refractivity contribution >= 4 is 28.7 Å². The molecule has 0 radical (unpaired) electrons. The summed E-state index contributed by atoms with van der Waals surface area (Å²) in [6.07, 6.45) is 1.88. The molecular weight excluding hydrogens is 723 g/mol. The van der Waals surface area contributed by atoms with Gasteiger partial charge < -0.3 is 35.5 Å². The van der Waals surface area contributed by atoms with Crippen LogP contribution in [0.4, 0.5) is 0 Å². The van der Waals surface area contributed by atoms with Gasteiger partial charge in [-0.1, -0.05) is 60.7 Å². The van der Waals surface area contributed by atoms with Crippen LogP contribution in [0.2, 0.25) is 0 Å². The predicted molar refractivity (Wildman–Crippen MR) is 215 cm³/mol. The first-order valence-electron chi connectivity index (χ1n) is 19.6. The molecule has 5 heterocycles. The Balaban J connectivity index is 0.796. The number of aliphatic hydroxyl groups excluding tert-OH is 1. The number of hydrogen-bond acceptors (Lipinski definition) is 9. The summed E-state index contributed by atoms with van der Waals surface area (Å²) >= 11 is 0. The first kappa shape index (κ1) is 38.1. The zero-order chi connectivity index (χ0) is 39.5. The molecule has 5 aromatic rings. The van der Waals surface area contributed by atoms with Crippen molar-refractivity contribution in [2.24, 2.45) is 5.92 Å². The zero-order valence-electron chi connectivity index (χ0n) is 31.7. The van der Waals surface area contributed by atoms with E-state index in [0.29, 0.717) is 53.1 Å². The molecule has 4 aromatic carbocycles. The first-order valence-corrected chi connectivity index (χ1v) is 19.6. The highest BCUT2D eigenvalue weighted by atomic mass is 16.5. The Morgan fingerprint density at radius 2 is 1.56 bits per heavy atom. The zero-order valence-corrected chi connectivity index (χ0v) is 31.7. The number of carbonyl (C=O) groups excluding carboxylic acids is 3. The number of pyridine rings is 1. The van der Waals surface area contributed by atoms with Crippen LogP contribution >= 0.6 is 0 Å². The highest BCUT2D eigenvalue weighted by molar-refractivity contribution is 5.99. The van der Waals surface area contributed by atoms with Crippen LogP contribution in [0.15, 0.2) is 108 Å². The number of nitrogens with zero attached hydrogens (tertiary/aromatic N) is 2. The number of aliphatic hydroxyl groups is 1. The molecule has 0 aliphatic carbocycles. The maximum absolute atomic E-state index is 13.8. The molecule has 0 saturated carbocycles. The number of aromatic nitrogens is 1. The number of amides is 2. The van der Waals surface area contributed by atoms with Crippen LogP contribution in [0.3, 0.4) is 0 Å². The van der Waals surface area contributed by atoms with Crippen LogP contribution in [0, 0.1) is 5.92 Å². The molecule has 57 heavy (non-hydrogen) atoms. The van der Waals surface area contributed by atoms with Crippen molar-refractivity contribution in [2.75, 3.05) is 45.8 Å². The molecule has 1 aromatic heterocycles. The minimum Gasteiger partial charge on any atom is -0.506 e. The molecule has 2 atom stereocenters. The van der Waals surface area contributed by atoms with Crippen LogP contribution in [0.5, 0.6) is 5.75 Å². The lowest BCUT2D eigenvalue weighted by Crippen LogP contribution is -2.66. The predicted octanol–water partition coefficient (Wildman–Crippen LogP) is 4.06. The Hall–Kier alpha value is -5.82. The number of nitrogens with one attached hydrogen (secondary N) is 3. The van der Waals surface area contributed by atoms with E-state index in [1.165, 1.54) is 12.1 Å². The van der Waals surface area contributed by atoms with Gasteiger partial charge >= 0.3 is 5.97 Å². The molecule has 12 nitrogen and oxygen atoms in total. The average molecular weight is 770 g/mol. The van der Waals surface area contributed by atoms with Crippen molar-refractivity contribution in [3.8, 4) is 5.75 Å². The molecule has 1 unspecified atom stereocenters. The number of phenolic OH excluding ortho intramolecular Hbond substituents is 1. The summed E-state index contributed by atoms with van der Waals surface area (Å²) in [5.41, 5.74) is 3.45. The van der Waals surface area contributed by atoms with Crippen LogP contribution in [0.25, 0.3) is 10.9 Å². The molecule has 4 fully saturated rings. The molecule has 9 rings (SSSR count). The summed E-state index contributed by atoms with van der Waals surface area (Å²) in [7, 11) is 0. The molecule has 12 heteroatoms. The van der Waals surface area contributed by atoms with Crippen molar-refractivity contribution in [2.45, 2.75) is 43.4 Å².